The van der Waals surface area contributed by atoms with Crippen LogP contribution in [-0.2, 0) is 0 Å². The van der Waals surface area contributed by atoms with Crippen molar-refractivity contribution in [1.29, 1.82) is 0 Å². The first-order chi connectivity index (χ1) is 8.24. The number of nitrogens with zero attached hydrogens (tertiary/aromatic N) is 1. The Morgan fingerprint density at radius 2 is 1.82 bits per heavy atom. The number of hydrogen-bond donors (Lipinski definition) is 0. The van der Waals surface area contributed by atoms with E-state index in [-0.39, 0.29) is 5.82 Å². The highest BCUT2D eigenvalue weighted by atomic mass is 19.1. The van der Waals surface area contributed by atoms with Crippen LogP contribution in [0.2, 0.25) is 0 Å². The average molecular weight is 227 g/mol. The Bertz CT molecular complexity index is 670. The van der Waals surface area contributed by atoms with Crippen molar-refractivity contribution in [2.24, 2.45) is 0 Å². The Morgan fingerprint density at radius 1 is 1.06 bits per heavy atom. The van der Waals surface area contributed by atoms with Crippen molar-refractivity contribution < 1.29 is 8.81 Å². The molecule has 17 heavy (non-hydrogen) atoms. The van der Waals surface area contributed by atoms with Gasteiger partial charge in [-0.05, 0) is 42.8 Å². The van der Waals surface area contributed by atoms with Gasteiger partial charge in [-0.15, -0.1) is 0 Å². The van der Waals surface area contributed by atoms with Gasteiger partial charge in [0.2, 0.25) is 5.89 Å². The van der Waals surface area contributed by atoms with Crippen LogP contribution in [-0.4, -0.2) is 4.98 Å². The average Bonchev–Trinajstić information content (AvgIpc) is 2.75. The third kappa shape index (κ3) is 1.69. The third-order valence-corrected chi connectivity index (χ3v) is 2.71. The van der Waals surface area contributed by atoms with Crippen molar-refractivity contribution in [3.63, 3.8) is 0 Å². The van der Waals surface area contributed by atoms with Gasteiger partial charge in [-0.1, -0.05) is 12.1 Å². The standard InChI is InChI=1S/C14H10FNO/c1-9-3-2-4-12-13(9)16-14(17-12)10-5-7-11(15)8-6-10/h2-8H,1H3. The zero-order chi connectivity index (χ0) is 11.8. The van der Waals surface area contributed by atoms with E-state index in [0.29, 0.717) is 5.89 Å². The summed E-state index contributed by atoms with van der Waals surface area (Å²) in [5.74, 6) is 0.260. The maximum atomic E-state index is 12.8. The smallest absolute Gasteiger partial charge is 0.227 e. The summed E-state index contributed by atoms with van der Waals surface area (Å²) in [5.41, 5.74) is 3.46. The Hall–Kier alpha value is -2.16. The summed E-state index contributed by atoms with van der Waals surface area (Å²) >= 11 is 0. The van der Waals surface area contributed by atoms with Crippen LogP contribution in [0.25, 0.3) is 22.6 Å². The highest BCUT2D eigenvalue weighted by Crippen LogP contribution is 2.25. The van der Waals surface area contributed by atoms with Crippen LogP contribution in [0.5, 0.6) is 0 Å². The monoisotopic (exact) mass is 227 g/mol. The molecule has 0 aliphatic carbocycles. The molecule has 2 aromatic carbocycles. The molecular weight excluding hydrogens is 217 g/mol. The fraction of sp³-hybridized carbons (Fsp3) is 0.0714. The van der Waals surface area contributed by atoms with Gasteiger partial charge < -0.3 is 4.42 Å². The van der Waals surface area contributed by atoms with Crippen molar-refractivity contribution in [2.75, 3.05) is 0 Å². The molecule has 3 heteroatoms. The number of fused-ring (bicyclic) bond motifs is 1. The summed E-state index contributed by atoms with van der Waals surface area (Å²) < 4.78 is 18.5. The predicted molar refractivity (Wildman–Crippen MR) is 64.1 cm³/mol. The second-order valence-electron chi connectivity index (χ2n) is 3.95. The van der Waals surface area contributed by atoms with Crippen molar-refractivity contribution in [1.82, 2.24) is 4.98 Å². The minimum Gasteiger partial charge on any atom is -0.436 e. The van der Waals surface area contributed by atoms with E-state index >= 15 is 0 Å². The number of hydrogen-bond acceptors (Lipinski definition) is 2. The summed E-state index contributed by atoms with van der Waals surface area (Å²) in [6.45, 7) is 1.99. The summed E-state index contributed by atoms with van der Waals surface area (Å²) in [4.78, 5) is 4.42. The fourth-order valence-electron chi connectivity index (χ4n) is 1.80. The predicted octanol–water partition coefficient (Wildman–Crippen LogP) is 3.94. The minimum absolute atomic E-state index is 0.263. The summed E-state index contributed by atoms with van der Waals surface area (Å²) in [7, 11) is 0. The Labute approximate surface area is 97.7 Å². The molecule has 1 aromatic heterocycles. The molecule has 0 unspecified atom stereocenters. The Kier molecular flexibility index (Phi) is 2.18. The van der Waals surface area contributed by atoms with Gasteiger partial charge in [0.05, 0.1) is 0 Å². The van der Waals surface area contributed by atoms with Crippen LogP contribution in [0.3, 0.4) is 0 Å². The number of rotatable bonds is 1. The molecular formula is C14H10FNO. The van der Waals surface area contributed by atoms with E-state index in [9.17, 15) is 4.39 Å². The molecule has 0 saturated heterocycles. The first-order valence-corrected chi connectivity index (χ1v) is 5.36. The van der Waals surface area contributed by atoms with E-state index in [2.05, 4.69) is 4.98 Å². The topological polar surface area (TPSA) is 26.0 Å². The van der Waals surface area contributed by atoms with Crippen LogP contribution in [0.4, 0.5) is 4.39 Å². The maximum absolute atomic E-state index is 12.8. The molecule has 2 nitrogen and oxygen atoms in total. The normalized spacial score (nSPS) is 10.9. The molecule has 0 N–H and O–H groups in total. The van der Waals surface area contributed by atoms with E-state index < -0.39 is 0 Å². The molecule has 0 fully saturated rings. The zero-order valence-corrected chi connectivity index (χ0v) is 9.27. The Balaban J connectivity index is 2.18. The van der Waals surface area contributed by atoms with E-state index in [1.54, 1.807) is 12.1 Å². The highest BCUT2D eigenvalue weighted by molar-refractivity contribution is 5.79. The molecule has 0 aliphatic heterocycles. The lowest BCUT2D eigenvalue weighted by Crippen LogP contribution is -1.79. The number of para-hydroxylation sites is 1. The maximum Gasteiger partial charge on any atom is 0.227 e. The molecule has 0 atom stereocenters. The van der Waals surface area contributed by atoms with Crippen molar-refractivity contribution in [3.8, 4) is 11.5 Å². The Morgan fingerprint density at radius 3 is 2.53 bits per heavy atom. The molecule has 84 valence electrons. The molecule has 0 aliphatic rings. The minimum atomic E-state index is -0.263. The number of halogens is 1. The van der Waals surface area contributed by atoms with Crippen LogP contribution in [0.1, 0.15) is 5.56 Å². The third-order valence-electron chi connectivity index (χ3n) is 2.71. The van der Waals surface area contributed by atoms with Gasteiger partial charge >= 0.3 is 0 Å². The van der Waals surface area contributed by atoms with Crippen molar-refractivity contribution in [2.45, 2.75) is 6.92 Å². The number of benzene rings is 2. The molecule has 0 spiro atoms. The molecule has 3 aromatic rings. The molecule has 0 amide bonds. The van der Waals surface area contributed by atoms with Crippen LogP contribution < -0.4 is 0 Å². The number of oxazole rings is 1. The van der Waals surface area contributed by atoms with Crippen LogP contribution in [0, 0.1) is 12.7 Å². The quantitative estimate of drug-likeness (QED) is 0.629. The molecule has 0 bridgehead atoms. The number of aryl methyl sites for hydroxylation is 1. The zero-order valence-electron chi connectivity index (χ0n) is 9.27. The first kappa shape index (κ1) is 10.0. The van der Waals surface area contributed by atoms with E-state index in [1.165, 1.54) is 12.1 Å². The highest BCUT2D eigenvalue weighted by Gasteiger charge is 2.09. The second kappa shape index (κ2) is 3.70. The fourth-order valence-corrected chi connectivity index (χ4v) is 1.80. The lowest BCUT2D eigenvalue weighted by Gasteiger charge is -1.93. The van der Waals surface area contributed by atoms with Crippen LogP contribution in [0.15, 0.2) is 46.9 Å². The number of aromatic nitrogens is 1. The molecule has 3 rings (SSSR count). The van der Waals surface area contributed by atoms with Gasteiger partial charge in [0, 0.05) is 5.56 Å². The largest absolute Gasteiger partial charge is 0.436 e. The van der Waals surface area contributed by atoms with Gasteiger partial charge in [-0.3, -0.25) is 0 Å². The SMILES string of the molecule is Cc1cccc2oc(-c3ccc(F)cc3)nc12. The summed E-state index contributed by atoms with van der Waals surface area (Å²) in [6, 6.07) is 11.9. The van der Waals surface area contributed by atoms with Gasteiger partial charge in [0.15, 0.2) is 5.58 Å². The first-order valence-electron chi connectivity index (χ1n) is 5.36. The summed E-state index contributed by atoms with van der Waals surface area (Å²) in [5, 5.41) is 0. The molecule has 0 radical (unpaired) electrons. The van der Waals surface area contributed by atoms with Crippen molar-refractivity contribution in [3.05, 3.63) is 53.8 Å². The second-order valence-corrected chi connectivity index (χ2v) is 3.95. The van der Waals surface area contributed by atoms with Crippen LogP contribution >= 0.6 is 0 Å². The van der Waals surface area contributed by atoms with E-state index in [4.69, 9.17) is 4.42 Å². The van der Waals surface area contributed by atoms with E-state index in [0.717, 1.165) is 22.2 Å². The van der Waals surface area contributed by atoms with Gasteiger partial charge in [-0.2, -0.15) is 0 Å². The van der Waals surface area contributed by atoms with Gasteiger partial charge in [-0.25, -0.2) is 9.37 Å². The lowest BCUT2D eigenvalue weighted by atomic mass is 10.2. The lowest BCUT2D eigenvalue weighted by molar-refractivity contribution is 0.616. The van der Waals surface area contributed by atoms with Gasteiger partial charge in [0.1, 0.15) is 11.3 Å². The van der Waals surface area contributed by atoms with Crippen molar-refractivity contribution >= 4 is 11.1 Å². The van der Waals surface area contributed by atoms with E-state index in [1.807, 2.05) is 25.1 Å². The van der Waals surface area contributed by atoms with Gasteiger partial charge in [0.25, 0.3) is 0 Å². The summed E-state index contributed by atoms with van der Waals surface area (Å²) in [6.07, 6.45) is 0. The molecule has 0 saturated carbocycles. The molecule has 1 heterocycles.